The maximum atomic E-state index is 11.1. The Balaban J connectivity index is 2.78. The number of hydrogen-bond acceptors (Lipinski definition) is 4. The molecule has 1 rings (SSSR count). The highest BCUT2D eigenvalue weighted by Crippen LogP contribution is 2.13. The van der Waals surface area contributed by atoms with E-state index in [1.165, 1.54) is 6.08 Å². The molecular formula is C12H15NO3. The van der Waals surface area contributed by atoms with E-state index >= 15 is 0 Å². The average Bonchev–Trinajstić information content (AvgIpc) is 2.27. The third-order valence-corrected chi connectivity index (χ3v) is 2.00. The number of carbonyl (C=O) groups is 1. The molecule has 1 heterocycles. The zero-order valence-corrected chi connectivity index (χ0v) is 9.69. The van der Waals surface area contributed by atoms with Gasteiger partial charge in [0.05, 0.1) is 13.7 Å². The number of carbonyl (C=O) groups excluding carboxylic acids is 1. The van der Waals surface area contributed by atoms with Crippen molar-refractivity contribution in [1.82, 2.24) is 4.98 Å². The molecule has 4 nitrogen and oxygen atoms in total. The average molecular weight is 221 g/mol. The quantitative estimate of drug-likeness (QED) is 0.576. The zero-order valence-electron chi connectivity index (χ0n) is 9.69. The Morgan fingerprint density at radius 2 is 2.25 bits per heavy atom. The van der Waals surface area contributed by atoms with Crippen LogP contribution in [0.5, 0.6) is 5.88 Å². The lowest BCUT2D eigenvalue weighted by molar-refractivity contribution is -0.137. The summed E-state index contributed by atoms with van der Waals surface area (Å²) in [5.74, 6) is 0.212. The van der Waals surface area contributed by atoms with E-state index in [1.54, 1.807) is 26.2 Å². The van der Waals surface area contributed by atoms with Crippen molar-refractivity contribution in [1.29, 1.82) is 0 Å². The number of esters is 1. The van der Waals surface area contributed by atoms with Gasteiger partial charge in [-0.1, -0.05) is 0 Å². The molecule has 0 aliphatic carbocycles. The van der Waals surface area contributed by atoms with Crippen LogP contribution >= 0.6 is 0 Å². The van der Waals surface area contributed by atoms with Crippen molar-refractivity contribution in [3.8, 4) is 5.88 Å². The number of methoxy groups -OCH3 is 1. The van der Waals surface area contributed by atoms with Crippen LogP contribution in [-0.2, 0) is 9.53 Å². The minimum Gasteiger partial charge on any atom is -0.481 e. The van der Waals surface area contributed by atoms with Gasteiger partial charge < -0.3 is 9.47 Å². The lowest BCUT2D eigenvalue weighted by atomic mass is 10.2. The number of pyridine rings is 1. The molecule has 0 fully saturated rings. The first-order valence-corrected chi connectivity index (χ1v) is 5.03. The van der Waals surface area contributed by atoms with E-state index in [2.05, 4.69) is 4.98 Å². The molecule has 0 N–H and O–H groups in total. The summed E-state index contributed by atoms with van der Waals surface area (Å²) in [6.45, 7) is 4.00. The highest BCUT2D eigenvalue weighted by Gasteiger charge is 2.00. The van der Waals surface area contributed by atoms with Gasteiger partial charge in [-0.25, -0.2) is 9.78 Å². The van der Waals surface area contributed by atoms with Crippen molar-refractivity contribution in [3.05, 3.63) is 29.5 Å². The fourth-order valence-electron chi connectivity index (χ4n) is 1.19. The molecule has 0 amide bonds. The van der Waals surface area contributed by atoms with Crippen molar-refractivity contribution < 1.29 is 14.3 Å². The summed E-state index contributed by atoms with van der Waals surface area (Å²) in [6, 6.07) is 3.59. The minimum absolute atomic E-state index is 0.349. The fraction of sp³-hybridized carbons (Fsp3) is 0.333. The number of hydrogen-bond donors (Lipinski definition) is 0. The molecule has 0 saturated carbocycles. The molecule has 0 bridgehead atoms. The molecule has 0 saturated heterocycles. The Morgan fingerprint density at radius 3 is 2.81 bits per heavy atom. The van der Waals surface area contributed by atoms with Gasteiger partial charge in [0.25, 0.3) is 0 Å². The van der Waals surface area contributed by atoms with E-state index in [-0.39, 0.29) is 5.97 Å². The van der Waals surface area contributed by atoms with Crippen molar-refractivity contribution in [2.45, 2.75) is 13.8 Å². The van der Waals surface area contributed by atoms with Gasteiger partial charge in [-0.05, 0) is 31.6 Å². The second kappa shape index (κ2) is 5.90. The third kappa shape index (κ3) is 3.38. The molecule has 0 aliphatic rings. The maximum absolute atomic E-state index is 11.1. The zero-order chi connectivity index (χ0) is 12.0. The van der Waals surface area contributed by atoms with Crippen molar-refractivity contribution in [3.63, 3.8) is 0 Å². The molecule has 16 heavy (non-hydrogen) atoms. The number of nitrogens with zero attached hydrogens (tertiary/aromatic N) is 1. The summed E-state index contributed by atoms with van der Waals surface area (Å²) in [6.07, 6.45) is 3.07. The van der Waals surface area contributed by atoms with Crippen molar-refractivity contribution >= 4 is 12.0 Å². The van der Waals surface area contributed by atoms with Crippen molar-refractivity contribution in [2.24, 2.45) is 0 Å². The largest absolute Gasteiger partial charge is 0.481 e. The fourth-order valence-corrected chi connectivity index (χ4v) is 1.19. The second-order valence-electron chi connectivity index (χ2n) is 3.11. The van der Waals surface area contributed by atoms with Gasteiger partial charge in [0, 0.05) is 17.8 Å². The van der Waals surface area contributed by atoms with E-state index in [1.807, 2.05) is 13.0 Å². The van der Waals surface area contributed by atoms with Gasteiger partial charge in [0.1, 0.15) is 0 Å². The molecule has 0 atom stereocenters. The number of aromatic nitrogens is 1. The smallest absolute Gasteiger partial charge is 0.330 e. The Labute approximate surface area is 94.9 Å². The SMILES string of the molecule is CCOC(=O)C=Cc1ccc(OC)nc1C. The van der Waals surface area contributed by atoms with E-state index in [9.17, 15) is 4.79 Å². The molecule has 4 heteroatoms. The lowest BCUT2D eigenvalue weighted by Crippen LogP contribution is -1.99. The van der Waals surface area contributed by atoms with Gasteiger partial charge >= 0.3 is 5.97 Å². The first-order chi connectivity index (χ1) is 7.67. The molecule has 0 spiro atoms. The predicted molar refractivity (Wildman–Crippen MR) is 61.2 cm³/mol. The first-order valence-electron chi connectivity index (χ1n) is 5.03. The summed E-state index contributed by atoms with van der Waals surface area (Å²) < 4.78 is 9.76. The summed E-state index contributed by atoms with van der Waals surface area (Å²) >= 11 is 0. The summed E-state index contributed by atoms with van der Waals surface area (Å²) in [5, 5.41) is 0. The van der Waals surface area contributed by atoms with Crippen LogP contribution in [-0.4, -0.2) is 24.7 Å². The second-order valence-corrected chi connectivity index (χ2v) is 3.11. The van der Waals surface area contributed by atoms with Crippen LogP contribution in [0.25, 0.3) is 6.08 Å². The normalized spacial score (nSPS) is 10.4. The lowest BCUT2D eigenvalue weighted by Gasteiger charge is -2.02. The topological polar surface area (TPSA) is 48.4 Å². The Morgan fingerprint density at radius 1 is 1.50 bits per heavy atom. The van der Waals surface area contributed by atoms with Crippen LogP contribution in [0, 0.1) is 6.92 Å². The van der Waals surface area contributed by atoms with Crippen LogP contribution in [0.3, 0.4) is 0 Å². The van der Waals surface area contributed by atoms with Crippen LogP contribution in [0.4, 0.5) is 0 Å². The Bertz CT molecular complexity index is 399. The molecular weight excluding hydrogens is 206 g/mol. The van der Waals surface area contributed by atoms with Gasteiger partial charge in [0.15, 0.2) is 0 Å². The highest BCUT2D eigenvalue weighted by molar-refractivity contribution is 5.87. The van der Waals surface area contributed by atoms with Crippen LogP contribution in [0.15, 0.2) is 18.2 Å². The number of ether oxygens (including phenoxy) is 2. The molecule has 0 aliphatic heterocycles. The van der Waals surface area contributed by atoms with E-state index in [0.29, 0.717) is 12.5 Å². The number of aryl methyl sites for hydroxylation is 1. The molecule has 1 aromatic rings. The van der Waals surface area contributed by atoms with Gasteiger partial charge in [-0.15, -0.1) is 0 Å². The molecule has 86 valence electrons. The highest BCUT2D eigenvalue weighted by atomic mass is 16.5. The van der Waals surface area contributed by atoms with E-state index in [0.717, 1.165) is 11.3 Å². The predicted octanol–water partition coefficient (Wildman–Crippen LogP) is 1.97. The monoisotopic (exact) mass is 221 g/mol. The van der Waals surface area contributed by atoms with E-state index < -0.39 is 0 Å². The molecule has 0 radical (unpaired) electrons. The summed E-state index contributed by atoms with van der Waals surface area (Å²) in [4.78, 5) is 15.3. The maximum Gasteiger partial charge on any atom is 0.330 e. The van der Waals surface area contributed by atoms with Crippen molar-refractivity contribution in [2.75, 3.05) is 13.7 Å². The van der Waals surface area contributed by atoms with Gasteiger partial charge in [-0.2, -0.15) is 0 Å². The minimum atomic E-state index is -0.349. The third-order valence-electron chi connectivity index (χ3n) is 2.00. The van der Waals surface area contributed by atoms with Gasteiger partial charge in [0.2, 0.25) is 5.88 Å². The molecule has 1 aromatic heterocycles. The standard InChI is InChI=1S/C12H15NO3/c1-4-16-12(14)8-6-10-5-7-11(15-3)13-9(10)2/h5-8H,4H2,1-3H3. The summed E-state index contributed by atoms with van der Waals surface area (Å²) in [7, 11) is 1.57. The Hall–Kier alpha value is -1.84. The Kier molecular flexibility index (Phi) is 4.51. The van der Waals surface area contributed by atoms with Crippen LogP contribution in [0.2, 0.25) is 0 Å². The number of rotatable bonds is 4. The molecule has 0 aromatic carbocycles. The van der Waals surface area contributed by atoms with Crippen LogP contribution in [0.1, 0.15) is 18.2 Å². The molecule has 0 unspecified atom stereocenters. The van der Waals surface area contributed by atoms with E-state index in [4.69, 9.17) is 9.47 Å². The van der Waals surface area contributed by atoms with Gasteiger partial charge in [-0.3, -0.25) is 0 Å². The van der Waals surface area contributed by atoms with Crippen LogP contribution < -0.4 is 4.74 Å². The first kappa shape index (κ1) is 12.2. The summed E-state index contributed by atoms with van der Waals surface area (Å²) in [5.41, 5.74) is 1.67.